The molecule has 0 aliphatic carbocycles. The average Bonchev–Trinajstić information content (AvgIpc) is 2.23. The van der Waals surface area contributed by atoms with E-state index in [4.69, 9.17) is 4.74 Å². The van der Waals surface area contributed by atoms with Crippen LogP contribution in [0.4, 0.5) is 0 Å². The summed E-state index contributed by atoms with van der Waals surface area (Å²) in [4.78, 5) is 11.2. The van der Waals surface area contributed by atoms with E-state index in [1.165, 1.54) is 0 Å². The smallest absolute Gasteiger partial charge is 0.221 e. The highest BCUT2D eigenvalue weighted by Crippen LogP contribution is 1.85. The van der Waals surface area contributed by atoms with Crippen molar-refractivity contribution in [2.45, 2.75) is 33.1 Å². The normalized spacial score (nSPS) is 10.3. The molecule has 0 aliphatic rings. The van der Waals surface area contributed by atoms with E-state index in [-0.39, 0.29) is 5.91 Å². The van der Waals surface area contributed by atoms with Gasteiger partial charge in [-0.2, -0.15) is 0 Å². The molecule has 0 unspecified atom stereocenters. The summed E-state index contributed by atoms with van der Waals surface area (Å²) in [7, 11) is 0. The highest BCUT2D eigenvalue weighted by molar-refractivity contribution is 5.75. The first-order valence-electron chi connectivity index (χ1n) is 5.86. The Morgan fingerprint density at radius 2 is 2.00 bits per heavy atom. The maximum absolute atomic E-state index is 11.2. The molecule has 0 heterocycles. The highest BCUT2D eigenvalue weighted by Gasteiger charge is 1.98. The van der Waals surface area contributed by atoms with Crippen LogP contribution in [0.25, 0.3) is 0 Å². The van der Waals surface area contributed by atoms with Crippen LogP contribution in [0.5, 0.6) is 0 Å². The standard InChI is InChI=1S/C11H24N2O2/c1-3-9-15-10-5-7-13-11(14)6-8-12-4-2/h12H,3-10H2,1-2H3,(H,13,14). The van der Waals surface area contributed by atoms with Gasteiger partial charge in [-0.3, -0.25) is 4.79 Å². The van der Waals surface area contributed by atoms with Gasteiger partial charge in [-0.1, -0.05) is 13.8 Å². The van der Waals surface area contributed by atoms with E-state index in [2.05, 4.69) is 17.6 Å². The SMILES string of the molecule is CCCOCCCNC(=O)CCNCC. The minimum atomic E-state index is 0.117. The van der Waals surface area contributed by atoms with Gasteiger partial charge in [-0.15, -0.1) is 0 Å². The molecule has 0 bridgehead atoms. The van der Waals surface area contributed by atoms with Crippen molar-refractivity contribution >= 4 is 5.91 Å². The first-order chi connectivity index (χ1) is 7.31. The summed E-state index contributed by atoms with van der Waals surface area (Å²) in [6.07, 6.45) is 2.51. The zero-order valence-electron chi connectivity index (χ0n) is 9.97. The lowest BCUT2D eigenvalue weighted by molar-refractivity contribution is -0.121. The van der Waals surface area contributed by atoms with Crippen LogP contribution < -0.4 is 10.6 Å². The van der Waals surface area contributed by atoms with Crippen molar-refractivity contribution in [1.82, 2.24) is 10.6 Å². The summed E-state index contributed by atoms with van der Waals surface area (Å²) in [6, 6.07) is 0. The molecule has 0 radical (unpaired) electrons. The maximum Gasteiger partial charge on any atom is 0.221 e. The lowest BCUT2D eigenvalue weighted by Gasteiger charge is -2.05. The van der Waals surface area contributed by atoms with Crippen molar-refractivity contribution in [3.8, 4) is 0 Å². The zero-order valence-corrected chi connectivity index (χ0v) is 9.97. The molecule has 4 heteroatoms. The Hall–Kier alpha value is -0.610. The van der Waals surface area contributed by atoms with Crippen molar-refractivity contribution in [3.63, 3.8) is 0 Å². The van der Waals surface area contributed by atoms with Crippen molar-refractivity contribution < 1.29 is 9.53 Å². The van der Waals surface area contributed by atoms with Gasteiger partial charge in [0.2, 0.25) is 5.91 Å². The molecule has 0 aromatic rings. The molecule has 1 amide bonds. The Labute approximate surface area is 92.8 Å². The molecule has 0 saturated carbocycles. The molecule has 90 valence electrons. The minimum Gasteiger partial charge on any atom is -0.381 e. The van der Waals surface area contributed by atoms with E-state index < -0.39 is 0 Å². The van der Waals surface area contributed by atoms with Crippen LogP contribution in [0.15, 0.2) is 0 Å². The number of ether oxygens (including phenoxy) is 1. The Kier molecular flexibility index (Phi) is 11.0. The molecule has 2 N–H and O–H groups in total. The number of carbonyl (C=O) groups is 1. The quantitative estimate of drug-likeness (QED) is 0.534. The monoisotopic (exact) mass is 216 g/mol. The maximum atomic E-state index is 11.2. The van der Waals surface area contributed by atoms with Gasteiger partial charge in [0.25, 0.3) is 0 Å². The third-order valence-electron chi connectivity index (χ3n) is 1.91. The van der Waals surface area contributed by atoms with Crippen molar-refractivity contribution in [2.75, 3.05) is 32.8 Å². The van der Waals surface area contributed by atoms with E-state index in [1.54, 1.807) is 0 Å². The van der Waals surface area contributed by atoms with Crippen LogP contribution in [-0.2, 0) is 9.53 Å². The lowest BCUT2D eigenvalue weighted by atomic mass is 10.3. The fraction of sp³-hybridized carbons (Fsp3) is 0.909. The summed E-state index contributed by atoms with van der Waals surface area (Å²) in [5.74, 6) is 0.117. The van der Waals surface area contributed by atoms with Crippen molar-refractivity contribution in [3.05, 3.63) is 0 Å². The summed E-state index contributed by atoms with van der Waals surface area (Å²) in [5.41, 5.74) is 0. The molecule has 15 heavy (non-hydrogen) atoms. The number of rotatable bonds is 10. The lowest BCUT2D eigenvalue weighted by Crippen LogP contribution is -2.28. The first kappa shape index (κ1) is 14.4. The Bertz CT molecular complexity index is 152. The van der Waals surface area contributed by atoms with Gasteiger partial charge in [0, 0.05) is 32.7 Å². The first-order valence-corrected chi connectivity index (χ1v) is 5.86. The van der Waals surface area contributed by atoms with E-state index in [0.29, 0.717) is 13.0 Å². The summed E-state index contributed by atoms with van der Waals surface area (Å²) >= 11 is 0. The molecule has 0 atom stereocenters. The minimum absolute atomic E-state index is 0.117. The second-order valence-corrected chi connectivity index (χ2v) is 3.42. The number of hydrogen-bond donors (Lipinski definition) is 2. The van der Waals surface area contributed by atoms with Crippen LogP contribution in [-0.4, -0.2) is 38.8 Å². The molecule has 0 aliphatic heterocycles. The number of hydrogen-bond acceptors (Lipinski definition) is 3. The van der Waals surface area contributed by atoms with Gasteiger partial charge in [-0.05, 0) is 19.4 Å². The van der Waals surface area contributed by atoms with Gasteiger partial charge in [0.15, 0.2) is 0 Å². The fourth-order valence-corrected chi connectivity index (χ4v) is 1.12. The summed E-state index contributed by atoms with van der Waals surface area (Å²) in [5, 5.41) is 5.97. The predicted molar refractivity (Wildman–Crippen MR) is 61.9 cm³/mol. The Morgan fingerprint density at radius 1 is 1.20 bits per heavy atom. The molecule has 0 aromatic heterocycles. The summed E-state index contributed by atoms with van der Waals surface area (Å²) < 4.78 is 5.30. The molecule has 0 fully saturated rings. The Morgan fingerprint density at radius 3 is 2.67 bits per heavy atom. The Balaban J connectivity index is 3.10. The van der Waals surface area contributed by atoms with Crippen LogP contribution in [0.2, 0.25) is 0 Å². The van der Waals surface area contributed by atoms with Gasteiger partial charge in [0.1, 0.15) is 0 Å². The number of amides is 1. The van der Waals surface area contributed by atoms with Crippen LogP contribution in [0.3, 0.4) is 0 Å². The third kappa shape index (κ3) is 11.3. The zero-order chi connectivity index (χ0) is 11.4. The van der Waals surface area contributed by atoms with E-state index in [9.17, 15) is 4.79 Å². The molecular weight excluding hydrogens is 192 g/mol. The molecule has 4 nitrogen and oxygen atoms in total. The van der Waals surface area contributed by atoms with Gasteiger partial charge >= 0.3 is 0 Å². The van der Waals surface area contributed by atoms with Gasteiger partial charge in [-0.25, -0.2) is 0 Å². The summed E-state index contributed by atoms with van der Waals surface area (Å²) in [6.45, 7) is 8.06. The van der Waals surface area contributed by atoms with Gasteiger partial charge in [0.05, 0.1) is 0 Å². The molecule has 0 aromatic carbocycles. The topological polar surface area (TPSA) is 50.4 Å². The number of carbonyl (C=O) groups excluding carboxylic acids is 1. The van der Waals surface area contributed by atoms with Crippen molar-refractivity contribution in [2.24, 2.45) is 0 Å². The molecular formula is C11H24N2O2. The van der Waals surface area contributed by atoms with E-state index in [1.807, 2.05) is 6.92 Å². The van der Waals surface area contributed by atoms with Crippen molar-refractivity contribution in [1.29, 1.82) is 0 Å². The highest BCUT2D eigenvalue weighted by atomic mass is 16.5. The van der Waals surface area contributed by atoms with Crippen LogP contribution in [0.1, 0.15) is 33.1 Å². The van der Waals surface area contributed by atoms with Crippen LogP contribution >= 0.6 is 0 Å². The van der Waals surface area contributed by atoms with Gasteiger partial charge < -0.3 is 15.4 Å². The van der Waals surface area contributed by atoms with Crippen LogP contribution in [0, 0.1) is 0 Å². The number of nitrogens with one attached hydrogen (secondary N) is 2. The molecule has 0 spiro atoms. The predicted octanol–water partition coefficient (Wildman–Crippen LogP) is 0.919. The fourth-order valence-electron chi connectivity index (χ4n) is 1.12. The molecule has 0 saturated heterocycles. The third-order valence-corrected chi connectivity index (χ3v) is 1.91. The van der Waals surface area contributed by atoms with E-state index >= 15 is 0 Å². The average molecular weight is 216 g/mol. The largest absolute Gasteiger partial charge is 0.381 e. The second kappa shape index (κ2) is 11.5. The van der Waals surface area contributed by atoms with E-state index in [0.717, 1.165) is 39.1 Å². The molecule has 0 rings (SSSR count). The second-order valence-electron chi connectivity index (χ2n) is 3.42.